The molecular formula is C25H22F3N5O3. The lowest BCUT2D eigenvalue weighted by molar-refractivity contribution is -0.137. The van der Waals surface area contributed by atoms with Crippen LogP contribution in [0.25, 0.3) is 0 Å². The lowest BCUT2D eigenvalue weighted by atomic mass is 10.0. The lowest BCUT2D eigenvalue weighted by Crippen LogP contribution is -2.43. The molecule has 0 aliphatic carbocycles. The van der Waals surface area contributed by atoms with Crippen LogP contribution in [0.2, 0.25) is 0 Å². The molecule has 2 heterocycles. The Morgan fingerprint density at radius 2 is 1.83 bits per heavy atom. The van der Waals surface area contributed by atoms with Gasteiger partial charge in [0.25, 0.3) is 11.5 Å². The highest BCUT2D eigenvalue weighted by Gasteiger charge is 2.31. The van der Waals surface area contributed by atoms with Crippen molar-refractivity contribution in [3.05, 3.63) is 86.8 Å². The molecule has 0 N–H and O–H groups in total. The summed E-state index contributed by atoms with van der Waals surface area (Å²) in [6.07, 6.45) is -4.15. The van der Waals surface area contributed by atoms with Crippen molar-refractivity contribution in [3.63, 3.8) is 0 Å². The standard InChI is InChI=1S/C25H22F3N5O3/c1-3-32(19-10-8-18(9-11-19)25(26,27)28)24-30-21-12-13-31(15-20(21)23(35)33(24)36-2)22(34)17-6-4-16(14-29)5-7-17/h4-11H,3,12-13,15H2,1-2H3. The molecule has 11 heteroatoms. The molecule has 1 aliphatic heterocycles. The monoisotopic (exact) mass is 497 g/mol. The highest BCUT2D eigenvalue weighted by molar-refractivity contribution is 5.94. The van der Waals surface area contributed by atoms with Gasteiger partial charge in [0, 0.05) is 30.8 Å². The van der Waals surface area contributed by atoms with Crippen LogP contribution in [0.15, 0.2) is 53.3 Å². The first-order valence-corrected chi connectivity index (χ1v) is 11.1. The Bertz CT molecular complexity index is 1380. The third kappa shape index (κ3) is 4.62. The fraction of sp³-hybridized carbons (Fsp3) is 0.280. The van der Waals surface area contributed by atoms with Crippen LogP contribution in [0.3, 0.4) is 0 Å². The minimum Gasteiger partial charge on any atom is -0.411 e. The third-order valence-electron chi connectivity index (χ3n) is 5.97. The normalized spacial score (nSPS) is 13.1. The summed E-state index contributed by atoms with van der Waals surface area (Å²) >= 11 is 0. The van der Waals surface area contributed by atoms with Crippen LogP contribution in [0, 0.1) is 11.3 Å². The van der Waals surface area contributed by atoms with Crippen LogP contribution in [0.1, 0.15) is 39.7 Å². The quantitative estimate of drug-likeness (QED) is 0.536. The Hall–Kier alpha value is -4.33. The van der Waals surface area contributed by atoms with Crippen molar-refractivity contribution in [2.24, 2.45) is 0 Å². The summed E-state index contributed by atoms with van der Waals surface area (Å²) < 4.78 is 39.9. The zero-order chi connectivity index (χ0) is 26.0. The van der Waals surface area contributed by atoms with Crippen molar-refractivity contribution >= 4 is 17.5 Å². The fourth-order valence-electron chi connectivity index (χ4n) is 4.09. The Kier molecular flexibility index (Phi) is 6.70. The van der Waals surface area contributed by atoms with Crippen LogP contribution in [0.5, 0.6) is 0 Å². The Morgan fingerprint density at radius 1 is 1.17 bits per heavy atom. The van der Waals surface area contributed by atoms with Crippen LogP contribution < -0.4 is 15.3 Å². The van der Waals surface area contributed by atoms with Gasteiger partial charge >= 0.3 is 6.18 Å². The number of hydrogen-bond donors (Lipinski definition) is 0. The van der Waals surface area contributed by atoms with Gasteiger partial charge in [0.2, 0.25) is 5.95 Å². The van der Waals surface area contributed by atoms with E-state index in [1.54, 1.807) is 36.1 Å². The van der Waals surface area contributed by atoms with E-state index in [0.29, 0.717) is 47.6 Å². The van der Waals surface area contributed by atoms with Crippen LogP contribution in [-0.2, 0) is 19.1 Å². The van der Waals surface area contributed by atoms with E-state index in [4.69, 9.17) is 10.1 Å². The highest BCUT2D eigenvalue weighted by atomic mass is 19.4. The number of alkyl halides is 3. The van der Waals surface area contributed by atoms with E-state index in [-0.39, 0.29) is 18.4 Å². The maximum Gasteiger partial charge on any atom is 0.416 e. The average molecular weight is 497 g/mol. The molecule has 0 fully saturated rings. The first kappa shape index (κ1) is 24.8. The zero-order valence-corrected chi connectivity index (χ0v) is 19.5. The summed E-state index contributed by atoms with van der Waals surface area (Å²) in [6.45, 7) is 2.43. The second kappa shape index (κ2) is 9.73. The van der Waals surface area contributed by atoms with Crippen LogP contribution in [-0.4, -0.2) is 40.7 Å². The van der Waals surface area contributed by atoms with Gasteiger partial charge in [-0.15, -0.1) is 4.73 Å². The molecule has 2 aromatic carbocycles. The molecule has 0 saturated heterocycles. The van der Waals surface area contributed by atoms with Gasteiger partial charge in [0.05, 0.1) is 35.0 Å². The van der Waals surface area contributed by atoms with E-state index in [9.17, 15) is 22.8 Å². The molecule has 0 radical (unpaired) electrons. The molecule has 0 unspecified atom stereocenters. The molecule has 0 atom stereocenters. The van der Waals surface area contributed by atoms with Gasteiger partial charge in [-0.25, -0.2) is 4.98 Å². The minimum atomic E-state index is -4.46. The van der Waals surface area contributed by atoms with Crippen LogP contribution >= 0.6 is 0 Å². The van der Waals surface area contributed by atoms with Crippen molar-refractivity contribution in [1.29, 1.82) is 5.26 Å². The Morgan fingerprint density at radius 3 is 2.39 bits per heavy atom. The van der Waals surface area contributed by atoms with Gasteiger partial charge in [-0.05, 0) is 55.5 Å². The van der Waals surface area contributed by atoms with Gasteiger partial charge in [0.15, 0.2) is 0 Å². The smallest absolute Gasteiger partial charge is 0.411 e. The molecule has 0 spiro atoms. The van der Waals surface area contributed by atoms with Gasteiger partial charge in [0.1, 0.15) is 7.11 Å². The second-order valence-corrected chi connectivity index (χ2v) is 8.07. The topological polar surface area (TPSA) is 91.5 Å². The molecule has 0 bridgehead atoms. The van der Waals surface area contributed by atoms with Gasteiger partial charge < -0.3 is 14.6 Å². The molecular weight excluding hydrogens is 475 g/mol. The van der Waals surface area contributed by atoms with Crippen molar-refractivity contribution < 1.29 is 22.8 Å². The van der Waals surface area contributed by atoms with Crippen LogP contribution in [0.4, 0.5) is 24.8 Å². The second-order valence-electron chi connectivity index (χ2n) is 8.07. The Labute approximate surface area is 204 Å². The van der Waals surface area contributed by atoms with E-state index in [2.05, 4.69) is 4.98 Å². The number of anilines is 2. The number of aromatic nitrogens is 2. The number of benzene rings is 2. The van der Waals surface area contributed by atoms with E-state index in [1.807, 2.05) is 6.07 Å². The number of carbonyl (C=O) groups excluding carboxylic acids is 1. The predicted octanol–water partition coefficient (Wildman–Crippen LogP) is 3.55. The molecule has 1 aliphatic rings. The van der Waals surface area contributed by atoms with Gasteiger partial charge in [-0.3, -0.25) is 9.59 Å². The number of fused-ring (bicyclic) bond motifs is 1. The summed E-state index contributed by atoms with van der Waals surface area (Å²) in [4.78, 5) is 39.4. The summed E-state index contributed by atoms with van der Waals surface area (Å²) in [6, 6.07) is 12.8. The molecule has 8 nitrogen and oxygen atoms in total. The van der Waals surface area contributed by atoms with Gasteiger partial charge in [-0.2, -0.15) is 18.4 Å². The molecule has 1 aromatic heterocycles. The number of amides is 1. The van der Waals surface area contributed by atoms with E-state index >= 15 is 0 Å². The first-order chi connectivity index (χ1) is 17.2. The number of halogens is 3. The number of rotatable bonds is 5. The zero-order valence-electron chi connectivity index (χ0n) is 19.5. The molecule has 1 amide bonds. The van der Waals surface area contributed by atoms with E-state index < -0.39 is 17.3 Å². The predicted molar refractivity (Wildman–Crippen MR) is 125 cm³/mol. The maximum atomic E-state index is 13.3. The molecule has 3 aromatic rings. The van der Waals surface area contributed by atoms with Crippen molar-refractivity contribution in [1.82, 2.24) is 14.6 Å². The number of nitriles is 1. The number of carbonyl (C=O) groups is 1. The fourth-order valence-corrected chi connectivity index (χ4v) is 4.09. The largest absolute Gasteiger partial charge is 0.416 e. The lowest BCUT2D eigenvalue weighted by Gasteiger charge is -2.30. The molecule has 0 saturated carbocycles. The maximum absolute atomic E-state index is 13.3. The molecule has 36 heavy (non-hydrogen) atoms. The Balaban J connectivity index is 1.67. The highest BCUT2D eigenvalue weighted by Crippen LogP contribution is 2.32. The SMILES string of the molecule is CCN(c1ccc(C(F)(F)F)cc1)c1nc2c(c(=O)n1OC)CN(C(=O)c1ccc(C#N)cc1)CC2. The van der Waals surface area contributed by atoms with Crippen molar-refractivity contribution in [2.75, 3.05) is 25.1 Å². The van der Waals surface area contributed by atoms with Gasteiger partial charge in [-0.1, -0.05) is 0 Å². The number of nitrogens with zero attached hydrogens (tertiary/aromatic N) is 5. The van der Waals surface area contributed by atoms with E-state index in [0.717, 1.165) is 16.9 Å². The summed E-state index contributed by atoms with van der Waals surface area (Å²) in [5.41, 5.74) is 0.765. The third-order valence-corrected chi connectivity index (χ3v) is 5.97. The minimum absolute atomic E-state index is 0.0239. The van der Waals surface area contributed by atoms with Crippen molar-refractivity contribution in [2.45, 2.75) is 26.1 Å². The summed E-state index contributed by atoms with van der Waals surface area (Å²) in [5.74, 6) is -0.145. The van der Waals surface area contributed by atoms with Crippen molar-refractivity contribution in [3.8, 4) is 6.07 Å². The molecule has 4 rings (SSSR count). The average Bonchev–Trinajstić information content (AvgIpc) is 2.88. The summed E-state index contributed by atoms with van der Waals surface area (Å²) in [7, 11) is 1.29. The summed E-state index contributed by atoms with van der Waals surface area (Å²) in [5, 5.41) is 8.95. The number of hydrogen-bond acceptors (Lipinski definition) is 6. The first-order valence-electron chi connectivity index (χ1n) is 11.1. The molecule has 186 valence electrons. The van der Waals surface area contributed by atoms with E-state index in [1.165, 1.54) is 24.1 Å².